The normalized spacial score (nSPS) is 19.8. The summed E-state index contributed by atoms with van der Waals surface area (Å²) in [7, 11) is 0. The Balaban J connectivity index is 1.82. The predicted octanol–water partition coefficient (Wildman–Crippen LogP) is 2.44. The molecule has 0 aliphatic carbocycles. The van der Waals surface area contributed by atoms with Crippen LogP contribution in [0.1, 0.15) is 36.7 Å². The van der Waals surface area contributed by atoms with Crippen LogP contribution in [0.3, 0.4) is 0 Å². The molecule has 0 bridgehead atoms. The van der Waals surface area contributed by atoms with Gasteiger partial charge in [-0.2, -0.15) is 0 Å². The van der Waals surface area contributed by atoms with Gasteiger partial charge in [0.2, 0.25) is 5.91 Å². The largest absolute Gasteiger partial charge is 0.367 e. The van der Waals surface area contributed by atoms with E-state index >= 15 is 0 Å². The molecular formula is C23H26ClN5O3. The van der Waals surface area contributed by atoms with Crippen molar-refractivity contribution in [2.45, 2.75) is 32.4 Å². The zero-order valence-electron chi connectivity index (χ0n) is 18.1. The predicted molar refractivity (Wildman–Crippen MR) is 125 cm³/mol. The van der Waals surface area contributed by atoms with Crippen LogP contribution in [0.2, 0.25) is 5.02 Å². The molecule has 3 rings (SSSR count). The van der Waals surface area contributed by atoms with E-state index in [2.05, 4.69) is 20.9 Å². The van der Waals surface area contributed by atoms with Crippen molar-refractivity contribution in [2.75, 3.05) is 11.9 Å². The van der Waals surface area contributed by atoms with Gasteiger partial charge in [0.25, 0.3) is 11.8 Å². The molecule has 168 valence electrons. The van der Waals surface area contributed by atoms with Crippen molar-refractivity contribution in [1.82, 2.24) is 10.6 Å². The van der Waals surface area contributed by atoms with Crippen LogP contribution >= 0.6 is 11.6 Å². The Labute approximate surface area is 191 Å². The zero-order valence-corrected chi connectivity index (χ0v) is 18.9. The molecule has 0 radical (unpaired) electrons. The van der Waals surface area contributed by atoms with Crippen LogP contribution in [0.15, 0.2) is 53.5 Å². The highest BCUT2D eigenvalue weighted by atomic mass is 35.5. The van der Waals surface area contributed by atoms with Gasteiger partial charge in [0, 0.05) is 12.2 Å². The van der Waals surface area contributed by atoms with Crippen molar-refractivity contribution in [2.24, 2.45) is 16.1 Å². The number of hydrogen-bond acceptors (Lipinski definition) is 5. The van der Waals surface area contributed by atoms with Crippen LogP contribution in [0.25, 0.3) is 0 Å². The summed E-state index contributed by atoms with van der Waals surface area (Å²) in [6, 6.07) is 12.1. The smallest absolute Gasteiger partial charge is 0.257 e. The average molecular weight is 456 g/mol. The van der Waals surface area contributed by atoms with Crippen LogP contribution < -0.4 is 21.7 Å². The molecule has 2 unspecified atom stereocenters. The lowest BCUT2D eigenvalue weighted by Crippen LogP contribution is -2.60. The first kappa shape index (κ1) is 23.3. The highest BCUT2D eigenvalue weighted by Gasteiger charge is 2.52. The fraction of sp³-hybridized carbons (Fsp3) is 0.304. The minimum absolute atomic E-state index is 0.137. The molecule has 3 amide bonds. The SMILES string of the molecule is CC(C)(C)CNC(=O)C1N=CNC1(C(N)=O)c1ccc(NC(=O)c2ccccc2Cl)cc1. The average Bonchev–Trinajstić information content (AvgIpc) is 3.18. The molecule has 8 nitrogen and oxygen atoms in total. The number of hydrogen-bond donors (Lipinski definition) is 4. The number of nitrogens with one attached hydrogen (secondary N) is 3. The van der Waals surface area contributed by atoms with Crippen LogP contribution in [-0.2, 0) is 15.1 Å². The van der Waals surface area contributed by atoms with E-state index in [4.69, 9.17) is 17.3 Å². The topological polar surface area (TPSA) is 126 Å². The van der Waals surface area contributed by atoms with E-state index in [-0.39, 0.29) is 11.3 Å². The first-order chi connectivity index (χ1) is 15.0. The van der Waals surface area contributed by atoms with E-state index in [1.807, 2.05) is 20.8 Å². The van der Waals surface area contributed by atoms with Gasteiger partial charge in [-0.1, -0.05) is 56.6 Å². The summed E-state index contributed by atoms with van der Waals surface area (Å²) < 4.78 is 0. The first-order valence-corrected chi connectivity index (χ1v) is 10.5. The van der Waals surface area contributed by atoms with Crippen molar-refractivity contribution in [1.29, 1.82) is 0 Å². The molecule has 2 aromatic rings. The van der Waals surface area contributed by atoms with Gasteiger partial charge in [-0.3, -0.25) is 19.4 Å². The van der Waals surface area contributed by atoms with E-state index < -0.39 is 23.4 Å². The summed E-state index contributed by atoms with van der Waals surface area (Å²) in [5.74, 6) is -1.51. The number of carbonyl (C=O) groups is 3. The number of amides is 3. The maximum atomic E-state index is 12.8. The van der Waals surface area contributed by atoms with Gasteiger partial charge in [-0.15, -0.1) is 0 Å². The molecule has 0 saturated heterocycles. The molecule has 1 heterocycles. The number of anilines is 1. The molecule has 2 atom stereocenters. The Bertz CT molecular complexity index is 1060. The molecule has 0 spiro atoms. The van der Waals surface area contributed by atoms with Crippen molar-refractivity contribution < 1.29 is 14.4 Å². The lowest BCUT2D eigenvalue weighted by Gasteiger charge is -2.32. The summed E-state index contributed by atoms with van der Waals surface area (Å²) in [6.45, 7) is 6.38. The number of primary amides is 1. The number of carbonyl (C=O) groups excluding carboxylic acids is 3. The Morgan fingerprint density at radius 2 is 1.78 bits per heavy atom. The molecule has 32 heavy (non-hydrogen) atoms. The number of nitrogens with zero attached hydrogens (tertiary/aromatic N) is 1. The molecule has 5 N–H and O–H groups in total. The van der Waals surface area contributed by atoms with Crippen LogP contribution in [-0.4, -0.2) is 36.6 Å². The molecule has 1 aliphatic heterocycles. The van der Waals surface area contributed by atoms with Crippen molar-refractivity contribution in [3.63, 3.8) is 0 Å². The fourth-order valence-electron chi connectivity index (χ4n) is 3.37. The van der Waals surface area contributed by atoms with Gasteiger partial charge in [0.15, 0.2) is 11.6 Å². The molecule has 2 aromatic carbocycles. The van der Waals surface area contributed by atoms with Crippen LogP contribution in [0.5, 0.6) is 0 Å². The van der Waals surface area contributed by atoms with Crippen LogP contribution in [0.4, 0.5) is 5.69 Å². The number of rotatable bonds is 6. The Hall–Kier alpha value is -3.39. The van der Waals surface area contributed by atoms with E-state index in [0.717, 1.165) is 0 Å². The Morgan fingerprint density at radius 1 is 1.12 bits per heavy atom. The maximum absolute atomic E-state index is 12.8. The highest BCUT2D eigenvalue weighted by Crippen LogP contribution is 2.31. The van der Waals surface area contributed by atoms with E-state index in [0.29, 0.717) is 28.4 Å². The lowest BCUT2D eigenvalue weighted by molar-refractivity contribution is -0.131. The standard InChI is InChI=1S/C23H26ClN5O3/c1-22(2,3)12-26-20(31)18-23(21(25)32,28-13-27-18)14-8-10-15(11-9-14)29-19(30)16-6-4-5-7-17(16)24/h4-11,13,18H,12H2,1-3H3,(H2,25,32)(H,26,31)(H,27,28)(H,29,30). The lowest BCUT2D eigenvalue weighted by atomic mass is 9.82. The first-order valence-electron chi connectivity index (χ1n) is 10.1. The third kappa shape index (κ3) is 4.75. The number of halogens is 1. The van der Waals surface area contributed by atoms with Crippen molar-refractivity contribution >= 4 is 41.3 Å². The zero-order chi connectivity index (χ0) is 23.5. The summed E-state index contributed by atoms with van der Waals surface area (Å²) >= 11 is 6.08. The second-order valence-corrected chi connectivity index (χ2v) is 9.19. The summed E-state index contributed by atoms with van der Waals surface area (Å²) in [6.07, 6.45) is 1.32. The fourth-order valence-corrected chi connectivity index (χ4v) is 3.59. The van der Waals surface area contributed by atoms with Crippen molar-refractivity contribution in [3.05, 3.63) is 64.7 Å². The molecule has 0 aromatic heterocycles. The molecule has 9 heteroatoms. The van der Waals surface area contributed by atoms with Gasteiger partial charge >= 0.3 is 0 Å². The second kappa shape index (κ2) is 9.00. The number of benzene rings is 2. The van der Waals surface area contributed by atoms with Gasteiger partial charge in [-0.25, -0.2) is 0 Å². The third-order valence-corrected chi connectivity index (χ3v) is 5.40. The van der Waals surface area contributed by atoms with Crippen LogP contribution in [0, 0.1) is 5.41 Å². The third-order valence-electron chi connectivity index (χ3n) is 5.07. The van der Waals surface area contributed by atoms with Gasteiger partial charge in [-0.05, 0) is 35.2 Å². The maximum Gasteiger partial charge on any atom is 0.257 e. The number of nitrogens with two attached hydrogens (primary N) is 1. The molecular weight excluding hydrogens is 430 g/mol. The quantitative estimate of drug-likeness (QED) is 0.533. The van der Waals surface area contributed by atoms with Gasteiger partial charge < -0.3 is 21.7 Å². The van der Waals surface area contributed by atoms with E-state index in [1.54, 1.807) is 48.5 Å². The minimum atomic E-state index is -1.53. The number of aliphatic imine (C=N–C) groups is 1. The summed E-state index contributed by atoms with van der Waals surface area (Å²) in [5.41, 5.74) is 5.35. The Morgan fingerprint density at radius 3 is 2.38 bits per heavy atom. The molecule has 1 aliphatic rings. The summed E-state index contributed by atoms with van der Waals surface area (Å²) in [4.78, 5) is 42.0. The van der Waals surface area contributed by atoms with E-state index in [9.17, 15) is 14.4 Å². The summed E-state index contributed by atoms with van der Waals surface area (Å²) in [5, 5.41) is 8.81. The van der Waals surface area contributed by atoms with Gasteiger partial charge in [0.1, 0.15) is 0 Å². The molecule has 0 fully saturated rings. The van der Waals surface area contributed by atoms with E-state index in [1.165, 1.54) is 6.34 Å². The Kier molecular flexibility index (Phi) is 6.55. The van der Waals surface area contributed by atoms with Gasteiger partial charge in [0.05, 0.1) is 16.9 Å². The monoisotopic (exact) mass is 455 g/mol. The second-order valence-electron chi connectivity index (χ2n) is 8.79. The molecule has 0 saturated carbocycles. The van der Waals surface area contributed by atoms with Crippen molar-refractivity contribution in [3.8, 4) is 0 Å². The minimum Gasteiger partial charge on any atom is -0.367 e. The highest BCUT2D eigenvalue weighted by molar-refractivity contribution is 6.34.